The van der Waals surface area contributed by atoms with Gasteiger partial charge in [0, 0.05) is 34.7 Å². The summed E-state index contributed by atoms with van der Waals surface area (Å²) in [6.07, 6.45) is 6.27. The molecular weight excluding hydrogens is 465 g/mol. The number of aromatic nitrogens is 3. The maximum atomic E-state index is 12.7. The molecule has 8 nitrogen and oxygen atoms in total. The first-order chi connectivity index (χ1) is 17.1. The normalized spacial score (nSPS) is 10.9. The predicted octanol–water partition coefficient (Wildman–Crippen LogP) is 5.00. The quantitative estimate of drug-likeness (QED) is 0.251. The lowest BCUT2D eigenvalue weighted by Crippen LogP contribution is -2.20. The van der Waals surface area contributed by atoms with E-state index in [4.69, 9.17) is 16.3 Å². The zero-order valence-electron chi connectivity index (χ0n) is 18.7. The van der Waals surface area contributed by atoms with E-state index >= 15 is 0 Å². The number of pyridine rings is 1. The van der Waals surface area contributed by atoms with Crippen LogP contribution in [0.2, 0.25) is 5.02 Å². The highest BCUT2D eigenvalue weighted by Crippen LogP contribution is 2.29. The van der Waals surface area contributed by atoms with Gasteiger partial charge in [0.15, 0.2) is 0 Å². The number of urea groups is 1. The van der Waals surface area contributed by atoms with Crippen LogP contribution in [-0.2, 0) is 11.3 Å². The molecule has 0 aliphatic heterocycles. The first kappa shape index (κ1) is 22.6. The Morgan fingerprint density at radius 2 is 1.91 bits per heavy atom. The number of carbonyl (C=O) groups is 2. The lowest BCUT2D eigenvalue weighted by Gasteiger charge is -2.13. The maximum absolute atomic E-state index is 12.7. The zero-order chi connectivity index (χ0) is 24.4. The van der Waals surface area contributed by atoms with Gasteiger partial charge in [-0.25, -0.2) is 9.78 Å². The number of hydrogen-bond donors (Lipinski definition) is 2. The molecule has 5 aromatic rings. The van der Waals surface area contributed by atoms with Crippen molar-refractivity contribution in [3.8, 4) is 5.75 Å². The van der Waals surface area contributed by atoms with Crippen molar-refractivity contribution < 1.29 is 14.3 Å². The van der Waals surface area contributed by atoms with E-state index in [-0.39, 0.29) is 0 Å². The minimum atomic E-state index is -0.408. The van der Waals surface area contributed by atoms with Gasteiger partial charge in [0.05, 0.1) is 24.0 Å². The second-order valence-electron chi connectivity index (χ2n) is 7.82. The van der Waals surface area contributed by atoms with Crippen LogP contribution in [0.15, 0.2) is 73.2 Å². The van der Waals surface area contributed by atoms with Gasteiger partial charge in [-0.2, -0.15) is 0 Å². The summed E-state index contributed by atoms with van der Waals surface area (Å²) < 4.78 is 9.11. The number of anilines is 2. The van der Waals surface area contributed by atoms with Crippen molar-refractivity contribution in [3.63, 3.8) is 0 Å². The summed E-state index contributed by atoms with van der Waals surface area (Å²) in [7, 11) is 2.97. The van der Waals surface area contributed by atoms with Crippen LogP contribution in [0.1, 0.15) is 5.56 Å². The fourth-order valence-corrected chi connectivity index (χ4v) is 4.32. The smallest absolute Gasteiger partial charge is 0.334 e. The van der Waals surface area contributed by atoms with Crippen molar-refractivity contribution in [2.45, 2.75) is 6.54 Å². The van der Waals surface area contributed by atoms with Gasteiger partial charge in [0.25, 0.3) is 0 Å². The molecule has 2 N–H and O–H groups in total. The molecule has 5 rings (SSSR count). The summed E-state index contributed by atoms with van der Waals surface area (Å²) >= 11 is 6.07. The van der Waals surface area contributed by atoms with Crippen molar-refractivity contribution >= 4 is 64.5 Å². The topological polar surface area (TPSA) is 90.2 Å². The van der Waals surface area contributed by atoms with E-state index in [9.17, 15) is 9.59 Å². The van der Waals surface area contributed by atoms with Gasteiger partial charge >= 0.3 is 13.4 Å². The van der Waals surface area contributed by atoms with Crippen molar-refractivity contribution in [1.82, 2.24) is 14.0 Å². The largest absolute Gasteiger partial charge is 0.495 e. The molecule has 0 spiro atoms. The molecule has 2 amide bonds. The van der Waals surface area contributed by atoms with Crippen LogP contribution in [0, 0.1) is 0 Å². The summed E-state index contributed by atoms with van der Waals surface area (Å²) in [4.78, 5) is 28.0. The van der Waals surface area contributed by atoms with Gasteiger partial charge < -0.3 is 29.2 Å². The Morgan fingerprint density at radius 3 is 2.74 bits per heavy atom. The second kappa shape index (κ2) is 9.56. The fraction of sp³-hybridized carbons (Fsp3) is 0.0800. The Labute approximate surface area is 206 Å². The SMILES string of the molecule is COc1ccc(Cl)cc1NC(=O)Nc1cccc2c1ccn2Cc1ccnc2c1ccn2[B]C=O. The van der Waals surface area contributed by atoms with Crippen LogP contribution in [-0.4, -0.2) is 40.8 Å². The Hall–Kier alpha value is -4.24. The van der Waals surface area contributed by atoms with E-state index < -0.39 is 6.03 Å². The van der Waals surface area contributed by atoms with E-state index in [1.54, 1.807) is 28.9 Å². The first-order valence-corrected chi connectivity index (χ1v) is 11.2. The number of nitrogens with one attached hydrogen (secondary N) is 2. The number of fused-ring (bicyclic) bond motifs is 2. The Morgan fingerprint density at radius 1 is 1.09 bits per heavy atom. The van der Waals surface area contributed by atoms with Crippen LogP contribution in [0.5, 0.6) is 5.75 Å². The number of halogens is 1. The van der Waals surface area contributed by atoms with Gasteiger partial charge in [-0.1, -0.05) is 17.7 Å². The summed E-state index contributed by atoms with van der Waals surface area (Å²) in [5.41, 5.74) is 3.90. The van der Waals surface area contributed by atoms with E-state index in [1.807, 2.05) is 48.8 Å². The minimum Gasteiger partial charge on any atom is -0.495 e. The van der Waals surface area contributed by atoms with Crippen molar-refractivity contribution in [2.75, 3.05) is 17.7 Å². The highest BCUT2D eigenvalue weighted by Gasteiger charge is 2.13. The number of amides is 2. The van der Waals surface area contributed by atoms with E-state index in [1.165, 1.54) is 14.5 Å². The molecular formula is C25H20BClN5O3. The summed E-state index contributed by atoms with van der Waals surface area (Å²) in [5, 5.41) is 8.07. The Bertz CT molecular complexity index is 1560. The first-order valence-electron chi connectivity index (χ1n) is 10.8. The molecule has 3 heterocycles. The third-order valence-electron chi connectivity index (χ3n) is 5.74. The lowest BCUT2D eigenvalue weighted by atomic mass is 9.98. The molecule has 2 aromatic carbocycles. The average molecular weight is 485 g/mol. The molecule has 0 aliphatic rings. The third-order valence-corrected chi connectivity index (χ3v) is 5.97. The van der Waals surface area contributed by atoms with Crippen LogP contribution in [0.3, 0.4) is 0 Å². The van der Waals surface area contributed by atoms with Crippen molar-refractivity contribution in [2.24, 2.45) is 0 Å². The minimum absolute atomic E-state index is 0.408. The number of hydrogen-bond acceptors (Lipinski definition) is 4. The van der Waals surface area contributed by atoms with Crippen LogP contribution in [0.4, 0.5) is 16.2 Å². The lowest BCUT2D eigenvalue weighted by molar-refractivity contribution is 0.262. The molecule has 0 atom stereocenters. The molecule has 0 aliphatic carbocycles. The van der Waals surface area contributed by atoms with Crippen LogP contribution >= 0.6 is 11.6 Å². The molecule has 0 saturated carbocycles. The number of benzene rings is 2. The van der Waals surface area contributed by atoms with Crippen molar-refractivity contribution in [1.29, 1.82) is 0 Å². The number of methoxy groups -OCH3 is 1. The average Bonchev–Trinajstić information content (AvgIpc) is 3.45. The predicted molar refractivity (Wildman–Crippen MR) is 139 cm³/mol. The molecule has 35 heavy (non-hydrogen) atoms. The summed E-state index contributed by atoms with van der Waals surface area (Å²) in [6, 6.07) is 16.2. The molecule has 0 bridgehead atoms. The molecule has 0 fully saturated rings. The Kier molecular flexibility index (Phi) is 6.16. The van der Waals surface area contributed by atoms with E-state index in [2.05, 4.69) is 20.2 Å². The summed E-state index contributed by atoms with van der Waals surface area (Å²) in [6.45, 7) is 0.600. The number of carbonyl (C=O) groups excluding carboxylic acids is 2. The standard InChI is InChI=1S/C25H20BClN5O3/c1-35-23-6-5-17(27)13-21(23)30-25(34)29-20-3-2-4-22-19(20)8-11-31(22)14-16-7-10-28-24-18(16)9-12-32(24)26-15-33/h2-13,15H,14H2,1H3,(H2,29,30,34). The van der Waals surface area contributed by atoms with Crippen LogP contribution in [0.25, 0.3) is 21.9 Å². The number of rotatable bonds is 7. The van der Waals surface area contributed by atoms with Gasteiger partial charge in [0.1, 0.15) is 17.6 Å². The molecule has 10 heteroatoms. The van der Waals surface area contributed by atoms with Gasteiger partial charge in [-0.3, -0.25) is 0 Å². The van der Waals surface area contributed by atoms with Gasteiger partial charge in [-0.15, -0.1) is 0 Å². The van der Waals surface area contributed by atoms with Crippen molar-refractivity contribution in [3.05, 3.63) is 83.8 Å². The highest BCUT2D eigenvalue weighted by molar-refractivity contribution is 6.66. The fourth-order valence-electron chi connectivity index (χ4n) is 4.14. The second-order valence-corrected chi connectivity index (χ2v) is 8.26. The monoisotopic (exact) mass is 484 g/mol. The zero-order valence-corrected chi connectivity index (χ0v) is 19.5. The van der Waals surface area contributed by atoms with Crippen LogP contribution < -0.4 is 15.4 Å². The molecule has 0 saturated heterocycles. The third kappa shape index (κ3) is 4.46. The van der Waals surface area contributed by atoms with E-state index in [0.717, 1.165) is 33.7 Å². The highest BCUT2D eigenvalue weighted by atomic mass is 35.5. The number of ether oxygens (including phenoxy) is 1. The maximum Gasteiger partial charge on any atom is 0.334 e. The molecule has 1 radical (unpaired) electrons. The molecule has 173 valence electrons. The molecule has 3 aromatic heterocycles. The number of nitrogens with zero attached hydrogens (tertiary/aromatic N) is 3. The molecule has 0 unspecified atom stereocenters. The van der Waals surface area contributed by atoms with Gasteiger partial charge in [-0.05, 0) is 60.3 Å². The summed E-state index contributed by atoms with van der Waals surface area (Å²) in [5.74, 6) is 0.511. The van der Waals surface area contributed by atoms with E-state index in [0.29, 0.717) is 28.7 Å². The van der Waals surface area contributed by atoms with Gasteiger partial charge in [0.2, 0.25) is 0 Å². The Balaban J connectivity index is 1.40.